The second kappa shape index (κ2) is 4.53. The van der Waals surface area contributed by atoms with Crippen LogP contribution >= 0.6 is 0 Å². The van der Waals surface area contributed by atoms with Crippen LogP contribution in [0.1, 0.15) is 19.4 Å². The maximum Gasteiger partial charge on any atom is 0.309 e. The number of hydrogen-bond acceptors (Lipinski definition) is 3. The Kier molecular flexibility index (Phi) is 3.55. The highest BCUT2D eigenvalue weighted by Crippen LogP contribution is 2.31. The summed E-state index contributed by atoms with van der Waals surface area (Å²) in [5, 5.41) is 19.1. The van der Waals surface area contributed by atoms with Gasteiger partial charge in [0.25, 0.3) is 0 Å². The van der Waals surface area contributed by atoms with Crippen molar-refractivity contribution in [2.24, 2.45) is 5.92 Å². The number of carboxylic acid groups (broad SMARTS) is 1. The van der Waals surface area contributed by atoms with Crippen LogP contribution in [0.25, 0.3) is 0 Å². The number of rotatable bonds is 4. The fraction of sp³-hybridized carbons (Fsp3) is 0.417. The topological polar surface area (TPSA) is 66.8 Å². The molecule has 2 N–H and O–H groups in total. The van der Waals surface area contributed by atoms with E-state index in [4.69, 9.17) is 9.84 Å². The number of ether oxygens (including phenoxy) is 1. The molecule has 0 saturated heterocycles. The van der Waals surface area contributed by atoms with Crippen LogP contribution < -0.4 is 4.74 Å². The number of carboxylic acids is 1. The van der Waals surface area contributed by atoms with Crippen molar-refractivity contribution in [2.45, 2.75) is 19.4 Å². The van der Waals surface area contributed by atoms with Gasteiger partial charge in [0.2, 0.25) is 0 Å². The highest BCUT2D eigenvalue weighted by atomic mass is 16.5. The average Bonchev–Trinajstić information content (AvgIpc) is 2.27. The Morgan fingerprint density at radius 1 is 1.50 bits per heavy atom. The monoisotopic (exact) mass is 224 g/mol. The summed E-state index contributed by atoms with van der Waals surface area (Å²) in [7, 11) is 1.52. The van der Waals surface area contributed by atoms with Crippen molar-refractivity contribution in [3.8, 4) is 5.75 Å². The summed E-state index contributed by atoms with van der Waals surface area (Å²) >= 11 is 0. The molecule has 4 nitrogen and oxygen atoms in total. The van der Waals surface area contributed by atoms with Gasteiger partial charge >= 0.3 is 5.97 Å². The van der Waals surface area contributed by atoms with Crippen LogP contribution in [0.5, 0.6) is 5.75 Å². The van der Waals surface area contributed by atoms with E-state index in [1.165, 1.54) is 21.0 Å². The summed E-state index contributed by atoms with van der Waals surface area (Å²) in [6, 6.07) is 6.78. The van der Waals surface area contributed by atoms with Crippen molar-refractivity contribution in [2.75, 3.05) is 7.11 Å². The lowest BCUT2D eigenvalue weighted by Gasteiger charge is -2.28. The third-order valence-corrected chi connectivity index (χ3v) is 2.87. The largest absolute Gasteiger partial charge is 0.497 e. The highest BCUT2D eigenvalue weighted by Gasteiger charge is 2.35. The lowest BCUT2D eigenvalue weighted by molar-refractivity contribution is -0.150. The number of aliphatic hydroxyl groups is 1. The molecule has 0 aliphatic rings. The van der Waals surface area contributed by atoms with Crippen molar-refractivity contribution in [3.05, 3.63) is 29.8 Å². The minimum Gasteiger partial charge on any atom is -0.497 e. The summed E-state index contributed by atoms with van der Waals surface area (Å²) < 4.78 is 5.03. The maximum absolute atomic E-state index is 10.9. The Hall–Kier alpha value is -1.55. The number of hydrogen-bond donors (Lipinski definition) is 2. The number of carbonyl (C=O) groups is 1. The van der Waals surface area contributed by atoms with Crippen LogP contribution in [0, 0.1) is 5.92 Å². The zero-order chi connectivity index (χ0) is 12.3. The molecule has 0 aromatic heterocycles. The van der Waals surface area contributed by atoms with Gasteiger partial charge in [0, 0.05) is 0 Å². The van der Waals surface area contributed by atoms with Gasteiger partial charge in [0.05, 0.1) is 18.6 Å². The molecular formula is C12H16O4. The molecule has 0 aliphatic carbocycles. The van der Waals surface area contributed by atoms with E-state index in [9.17, 15) is 9.90 Å². The predicted octanol–water partition coefficient (Wildman–Crippen LogP) is 1.62. The van der Waals surface area contributed by atoms with E-state index in [0.29, 0.717) is 11.3 Å². The van der Waals surface area contributed by atoms with Crippen LogP contribution in [0.2, 0.25) is 0 Å². The van der Waals surface area contributed by atoms with Gasteiger partial charge in [0.15, 0.2) is 0 Å². The smallest absolute Gasteiger partial charge is 0.309 e. The Bertz CT molecular complexity index is 384. The fourth-order valence-corrected chi connectivity index (χ4v) is 1.43. The average molecular weight is 224 g/mol. The maximum atomic E-state index is 10.9. The minimum atomic E-state index is -1.42. The van der Waals surface area contributed by atoms with Gasteiger partial charge < -0.3 is 14.9 Å². The van der Waals surface area contributed by atoms with E-state index in [1.54, 1.807) is 24.3 Å². The molecule has 0 saturated carbocycles. The van der Waals surface area contributed by atoms with Gasteiger partial charge in [-0.1, -0.05) is 12.1 Å². The highest BCUT2D eigenvalue weighted by molar-refractivity contribution is 5.71. The molecule has 1 aromatic rings. The van der Waals surface area contributed by atoms with E-state index in [-0.39, 0.29) is 0 Å². The molecule has 0 spiro atoms. The molecule has 0 heterocycles. The van der Waals surface area contributed by atoms with Crippen molar-refractivity contribution >= 4 is 5.97 Å². The molecule has 0 bridgehead atoms. The third kappa shape index (κ3) is 2.33. The molecule has 16 heavy (non-hydrogen) atoms. The van der Waals surface area contributed by atoms with Gasteiger partial charge in [-0.05, 0) is 31.5 Å². The van der Waals surface area contributed by atoms with Gasteiger partial charge in [-0.3, -0.25) is 4.79 Å². The molecule has 1 rings (SSSR count). The zero-order valence-electron chi connectivity index (χ0n) is 9.60. The molecular weight excluding hydrogens is 208 g/mol. The van der Waals surface area contributed by atoms with Crippen molar-refractivity contribution in [1.29, 1.82) is 0 Å². The Morgan fingerprint density at radius 2 is 2.12 bits per heavy atom. The van der Waals surface area contributed by atoms with Gasteiger partial charge in [-0.2, -0.15) is 0 Å². The van der Waals surface area contributed by atoms with E-state index in [2.05, 4.69) is 0 Å². The van der Waals surface area contributed by atoms with Crippen LogP contribution in [-0.2, 0) is 10.4 Å². The first kappa shape index (κ1) is 12.5. The van der Waals surface area contributed by atoms with E-state index in [1.807, 2.05) is 0 Å². The quantitative estimate of drug-likeness (QED) is 0.815. The SMILES string of the molecule is COc1cccc(C(C)(O)C(C)C(=O)O)c1. The first-order valence-corrected chi connectivity index (χ1v) is 4.99. The predicted molar refractivity (Wildman–Crippen MR) is 59.4 cm³/mol. The van der Waals surface area contributed by atoms with Crippen molar-refractivity contribution in [1.82, 2.24) is 0 Å². The first-order chi connectivity index (χ1) is 7.39. The van der Waals surface area contributed by atoms with Crippen LogP contribution in [0.3, 0.4) is 0 Å². The zero-order valence-corrected chi connectivity index (χ0v) is 9.60. The molecule has 2 unspecified atom stereocenters. The normalized spacial score (nSPS) is 16.2. The van der Waals surface area contributed by atoms with Crippen LogP contribution in [0.15, 0.2) is 24.3 Å². The number of methoxy groups -OCH3 is 1. The Labute approximate surface area is 94.5 Å². The van der Waals surface area contributed by atoms with Gasteiger partial charge in [-0.25, -0.2) is 0 Å². The van der Waals surface area contributed by atoms with E-state index in [0.717, 1.165) is 0 Å². The minimum absolute atomic E-state index is 0.529. The number of aliphatic carboxylic acids is 1. The second-order valence-electron chi connectivity index (χ2n) is 3.94. The third-order valence-electron chi connectivity index (χ3n) is 2.87. The molecule has 0 amide bonds. The standard InChI is InChI=1S/C12H16O4/c1-8(11(13)14)12(2,15)9-5-4-6-10(7-9)16-3/h4-8,15H,1-3H3,(H,13,14). The summed E-state index contributed by atoms with van der Waals surface area (Å²) in [6.45, 7) is 2.96. The summed E-state index contributed by atoms with van der Waals surface area (Å²) in [5.74, 6) is -1.33. The van der Waals surface area contributed by atoms with Gasteiger partial charge in [-0.15, -0.1) is 0 Å². The molecule has 88 valence electrons. The van der Waals surface area contributed by atoms with Crippen molar-refractivity contribution < 1.29 is 19.7 Å². The lowest BCUT2D eigenvalue weighted by atomic mass is 9.84. The molecule has 0 aliphatic heterocycles. The molecule has 4 heteroatoms. The van der Waals surface area contributed by atoms with Crippen molar-refractivity contribution in [3.63, 3.8) is 0 Å². The molecule has 0 fully saturated rings. The number of benzene rings is 1. The van der Waals surface area contributed by atoms with Crippen LogP contribution in [-0.4, -0.2) is 23.3 Å². The fourth-order valence-electron chi connectivity index (χ4n) is 1.43. The summed E-state index contributed by atoms with van der Waals surface area (Å²) in [5.41, 5.74) is -0.887. The second-order valence-corrected chi connectivity index (χ2v) is 3.94. The molecule has 2 atom stereocenters. The Balaban J connectivity index is 3.10. The first-order valence-electron chi connectivity index (χ1n) is 4.99. The molecule has 1 aromatic carbocycles. The Morgan fingerprint density at radius 3 is 2.62 bits per heavy atom. The summed E-state index contributed by atoms with van der Waals surface area (Å²) in [6.07, 6.45) is 0. The van der Waals surface area contributed by atoms with Gasteiger partial charge in [0.1, 0.15) is 5.75 Å². The molecule has 0 radical (unpaired) electrons. The van der Waals surface area contributed by atoms with Crippen LogP contribution in [0.4, 0.5) is 0 Å². The summed E-state index contributed by atoms with van der Waals surface area (Å²) in [4.78, 5) is 10.9. The lowest BCUT2D eigenvalue weighted by Crippen LogP contribution is -2.35. The van der Waals surface area contributed by atoms with E-state index >= 15 is 0 Å². The van der Waals surface area contributed by atoms with E-state index < -0.39 is 17.5 Å².